The highest BCUT2D eigenvalue weighted by molar-refractivity contribution is 6.32. The van der Waals surface area contributed by atoms with E-state index in [0.29, 0.717) is 0 Å². The Morgan fingerprint density at radius 3 is 2.84 bits per heavy atom. The normalized spacial score (nSPS) is 9.74. The van der Waals surface area contributed by atoms with Gasteiger partial charge >= 0.3 is 11.8 Å². The lowest BCUT2D eigenvalue weighted by Crippen LogP contribution is -2.29. The van der Waals surface area contributed by atoms with Gasteiger partial charge in [-0.3, -0.25) is 14.9 Å². The molecule has 1 rings (SSSR count). The standard InChI is InChI=1S/C9H9ClN4O5/c10-7-6(14(17)18)5(1-2-12-7)8(15)13-3-4-19-9(11)16/h1-2H,3-4H2,(H2,11,16)(H,13,15). The van der Waals surface area contributed by atoms with E-state index in [2.05, 4.69) is 15.0 Å². The number of nitrogens with one attached hydrogen (secondary N) is 1. The van der Waals surface area contributed by atoms with Crippen LogP contribution in [0.4, 0.5) is 10.5 Å². The van der Waals surface area contributed by atoms with E-state index >= 15 is 0 Å². The second-order valence-corrected chi connectivity index (χ2v) is 3.54. The zero-order valence-electron chi connectivity index (χ0n) is 9.46. The maximum absolute atomic E-state index is 11.7. The first-order valence-electron chi connectivity index (χ1n) is 4.92. The highest BCUT2D eigenvalue weighted by atomic mass is 35.5. The summed E-state index contributed by atoms with van der Waals surface area (Å²) in [5.41, 5.74) is 3.90. The van der Waals surface area contributed by atoms with Gasteiger partial charge in [-0.15, -0.1) is 0 Å². The summed E-state index contributed by atoms with van der Waals surface area (Å²) in [5, 5.41) is 12.7. The molecule has 0 unspecified atom stereocenters. The van der Waals surface area contributed by atoms with E-state index in [-0.39, 0.29) is 23.9 Å². The van der Waals surface area contributed by atoms with Crippen molar-refractivity contribution in [2.45, 2.75) is 0 Å². The van der Waals surface area contributed by atoms with Gasteiger partial charge < -0.3 is 15.8 Å². The molecule has 0 saturated carbocycles. The molecule has 0 spiro atoms. The van der Waals surface area contributed by atoms with Crippen LogP contribution in [0.25, 0.3) is 0 Å². The number of halogens is 1. The van der Waals surface area contributed by atoms with Crippen LogP contribution in [0.3, 0.4) is 0 Å². The van der Waals surface area contributed by atoms with Crippen LogP contribution in [0.15, 0.2) is 12.3 Å². The van der Waals surface area contributed by atoms with Crippen molar-refractivity contribution in [1.82, 2.24) is 10.3 Å². The van der Waals surface area contributed by atoms with Crippen molar-refractivity contribution in [2.75, 3.05) is 13.2 Å². The van der Waals surface area contributed by atoms with Gasteiger partial charge in [0.2, 0.25) is 5.15 Å². The van der Waals surface area contributed by atoms with E-state index in [0.717, 1.165) is 6.07 Å². The van der Waals surface area contributed by atoms with E-state index in [4.69, 9.17) is 17.3 Å². The lowest BCUT2D eigenvalue weighted by atomic mass is 10.2. The number of ether oxygens (including phenoxy) is 1. The van der Waals surface area contributed by atoms with Gasteiger partial charge in [0.15, 0.2) is 0 Å². The Kier molecular flexibility index (Phi) is 5.01. The molecule has 0 radical (unpaired) electrons. The predicted molar refractivity (Wildman–Crippen MR) is 63.8 cm³/mol. The minimum Gasteiger partial charge on any atom is -0.448 e. The van der Waals surface area contributed by atoms with Gasteiger partial charge in [-0.2, -0.15) is 0 Å². The summed E-state index contributed by atoms with van der Waals surface area (Å²) < 4.78 is 4.38. The van der Waals surface area contributed by atoms with E-state index < -0.39 is 22.6 Å². The quantitative estimate of drug-likeness (QED) is 0.349. The molecule has 102 valence electrons. The number of amides is 2. The number of aromatic nitrogens is 1. The molecule has 1 aromatic heterocycles. The van der Waals surface area contributed by atoms with Gasteiger partial charge in [0.05, 0.1) is 11.5 Å². The average Bonchev–Trinajstić information content (AvgIpc) is 2.33. The monoisotopic (exact) mass is 288 g/mol. The third-order valence-corrected chi connectivity index (χ3v) is 2.22. The van der Waals surface area contributed by atoms with Crippen molar-refractivity contribution in [3.63, 3.8) is 0 Å². The molecule has 19 heavy (non-hydrogen) atoms. The van der Waals surface area contributed by atoms with Crippen LogP contribution < -0.4 is 11.1 Å². The number of primary amides is 1. The molecule has 2 amide bonds. The van der Waals surface area contributed by atoms with Crippen molar-refractivity contribution < 1.29 is 19.2 Å². The summed E-state index contributed by atoms with van der Waals surface area (Å²) in [6.07, 6.45) is 0.191. The van der Waals surface area contributed by atoms with Crippen LogP contribution >= 0.6 is 11.6 Å². The fraction of sp³-hybridized carbons (Fsp3) is 0.222. The number of pyridine rings is 1. The maximum atomic E-state index is 11.7. The third kappa shape index (κ3) is 4.07. The van der Waals surface area contributed by atoms with Crippen LogP contribution in [0, 0.1) is 10.1 Å². The zero-order valence-corrected chi connectivity index (χ0v) is 10.2. The van der Waals surface area contributed by atoms with Gasteiger partial charge in [0.25, 0.3) is 5.91 Å². The summed E-state index contributed by atoms with van der Waals surface area (Å²) in [5.74, 6) is -0.732. The number of nitro groups is 1. The number of carbonyl (C=O) groups is 2. The molecule has 1 aromatic rings. The van der Waals surface area contributed by atoms with Crippen molar-refractivity contribution in [3.8, 4) is 0 Å². The highest BCUT2D eigenvalue weighted by Crippen LogP contribution is 2.25. The Labute approximate surface area is 111 Å². The lowest BCUT2D eigenvalue weighted by molar-refractivity contribution is -0.385. The number of hydrogen-bond donors (Lipinski definition) is 2. The van der Waals surface area contributed by atoms with Gasteiger partial charge in [-0.1, -0.05) is 11.6 Å². The molecule has 0 atom stereocenters. The van der Waals surface area contributed by atoms with Crippen LogP contribution in [-0.2, 0) is 4.74 Å². The summed E-state index contributed by atoms with van der Waals surface area (Å²) in [6.45, 7) is -0.188. The predicted octanol–water partition coefficient (Wildman–Crippen LogP) is 0.468. The second-order valence-electron chi connectivity index (χ2n) is 3.18. The first kappa shape index (κ1) is 14.6. The molecule has 0 aromatic carbocycles. The minimum absolute atomic E-state index is 0.0428. The Morgan fingerprint density at radius 2 is 2.26 bits per heavy atom. The van der Waals surface area contributed by atoms with E-state index in [9.17, 15) is 19.7 Å². The first-order chi connectivity index (χ1) is 8.93. The maximum Gasteiger partial charge on any atom is 0.404 e. The molecule has 3 N–H and O–H groups in total. The van der Waals surface area contributed by atoms with E-state index in [1.807, 2.05) is 0 Å². The number of nitrogens with two attached hydrogens (primary N) is 1. The number of rotatable bonds is 5. The van der Waals surface area contributed by atoms with Gasteiger partial charge in [0.1, 0.15) is 12.2 Å². The molecule has 0 aliphatic carbocycles. The molecule has 0 saturated heterocycles. The van der Waals surface area contributed by atoms with Crippen LogP contribution in [0.5, 0.6) is 0 Å². The van der Waals surface area contributed by atoms with Gasteiger partial charge in [0, 0.05) is 6.20 Å². The molecule has 0 bridgehead atoms. The molecule has 10 heteroatoms. The van der Waals surface area contributed by atoms with Crippen molar-refractivity contribution in [2.24, 2.45) is 5.73 Å². The molecular weight excluding hydrogens is 280 g/mol. The number of hydrogen-bond acceptors (Lipinski definition) is 6. The molecule has 0 fully saturated rings. The van der Waals surface area contributed by atoms with Crippen LogP contribution in [0.2, 0.25) is 5.15 Å². The molecular formula is C9H9ClN4O5. The van der Waals surface area contributed by atoms with E-state index in [1.165, 1.54) is 6.20 Å². The number of nitrogens with zero attached hydrogens (tertiary/aromatic N) is 2. The van der Waals surface area contributed by atoms with Crippen molar-refractivity contribution in [3.05, 3.63) is 33.1 Å². The Bertz CT molecular complexity index is 521. The molecule has 0 aliphatic rings. The van der Waals surface area contributed by atoms with E-state index in [1.54, 1.807) is 0 Å². The van der Waals surface area contributed by atoms with Gasteiger partial charge in [-0.25, -0.2) is 9.78 Å². The summed E-state index contributed by atoms with van der Waals surface area (Å²) in [7, 11) is 0. The smallest absolute Gasteiger partial charge is 0.404 e. The zero-order chi connectivity index (χ0) is 14.4. The van der Waals surface area contributed by atoms with Gasteiger partial charge in [-0.05, 0) is 6.07 Å². The van der Waals surface area contributed by atoms with Crippen molar-refractivity contribution in [1.29, 1.82) is 0 Å². The van der Waals surface area contributed by atoms with Crippen molar-refractivity contribution >= 4 is 29.3 Å². The Hall–Kier alpha value is -2.42. The first-order valence-corrected chi connectivity index (χ1v) is 5.30. The largest absolute Gasteiger partial charge is 0.448 e. The average molecular weight is 289 g/mol. The summed E-state index contributed by atoms with van der Waals surface area (Å²) in [6, 6.07) is 1.16. The van der Waals surface area contributed by atoms with Crippen LogP contribution in [-0.4, -0.2) is 35.1 Å². The number of carbonyl (C=O) groups excluding carboxylic acids is 2. The second kappa shape index (κ2) is 6.50. The summed E-state index contributed by atoms with van der Waals surface area (Å²) in [4.78, 5) is 35.5. The molecule has 1 heterocycles. The highest BCUT2D eigenvalue weighted by Gasteiger charge is 2.24. The fourth-order valence-corrected chi connectivity index (χ4v) is 1.42. The fourth-order valence-electron chi connectivity index (χ4n) is 1.20. The Balaban J connectivity index is 2.74. The topological polar surface area (TPSA) is 137 Å². The molecule has 9 nitrogen and oxygen atoms in total. The van der Waals surface area contributed by atoms with Crippen LogP contribution in [0.1, 0.15) is 10.4 Å². The Morgan fingerprint density at radius 1 is 1.58 bits per heavy atom. The minimum atomic E-state index is -0.979. The lowest BCUT2D eigenvalue weighted by Gasteiger charge is -2.06. The SMILES string of the molecule is NC(=O)OCCNC(=O)c1ccnc(Cl)c1[N+](=O)[O-]. The molecule has 0 aliphatic heterocycles. The third-order valence-electron chi connectivity index (χ3n) is 1.94. The summed E-state index contributed by atoms with van der Waals surface area (Å²) >= 11 is 5.55.